The van der Waals surface area contributed by atoms with Gasteiger partial charge in [0.25, 0.3) is 0 Å². The number of carboxylic acid groups (broad SMARTS) is 1. The summed E-state index contributed by atoms with van der Waals surface area (Å²) in [4.78, 5) is 23.4. The van der Waals surface area contributed by atoms with E-state index in [1.165, 1.54) is 0 Å². The minimum Gasteiger partial charge on any atom is -0.481 e. The Kier molecular flexibility index (Phi) is 4.45. The molecule has 19 heavy (non-hydrogen) atoms. The Labute approximate surface area is 114 Å². The molecule has 0 bridgehead atoms. The Morgan fingerprint density at radius 3 is 2.47 bits per heavy atom. The highest BCUT2D eigenvalue weighted by Gasteiger charge is 2.41. The first-order valence-corrected chi connectivity index (χ1v) is 7.31. The summed E-state index contributed by atoms with van der Waals surface area (Å²) in [5, 5.41) is 15.2. The lowest BCUT2D eigenvalue weighted by Crippen LogP contribution is -2.51. The van der Waals surface area contributed by atoms with Crippen LogP contribution in [-0.2, 0) is 9.59 Å². The molecule has 1 saturated heterocycles. The number of nitrogens with one attached hydrogen (secondary N) is 2. The van der Waals surface area contributed by atoms with Gasteiger partial charge in [-0.3, -0.25) is 9.59 Å². The van der Waals surface area contributed by atoms with Gasteiger partial charge in [-0.25, -0.2) is 0 Å². The summed E-state index contributed by atoms with van der Waals surface area (Å²) in [7, 11) is 0. The zero-order valence-corrected chi connectivity index (χ0v) is 11.6. The lowest BCUT2D eigenvalue weighted by atomic mass is 9.75. The van der Waals surface area contributed by atoms with Crippen LogP contribution in [0.5, 0.6) is 0 Å². The first-order chi connectivity index (χ1) is 9.07. The third kappa shape index (κ3) is 3.47. The van der Waals surface area contributed by atoms with Gasteiger partial charge >= 0.3 is 5.97 Å². The van der Waals surface area contributed by atoms with Crippen molar-refractivity contribution in [1.82, 2.24) is 10.6 Å². The minimum absolute atomic E-state index is 0.0501. The van der Waals surface area contributed by atoms with Crippen molar-refractivity contribution in [2.24, 2.45) is 11.3 Å². The molecular formula is C14H24N2O3. The Morgan fingerprint density at radius 2 is 2.00 bits per heavy atom. The molecule has 2 fully saturated rings. The summed E-state index contributed by atoms with van der Waals surface area (Å²) in [6.45, 7) is 3.79. The van der Waals surface area contributed by atoms with E-state index in [1.807, 2.05) is 6.92 Å². The number of carbonyl (C=O) groups excluding carboxylic acids is 1. The van der Waals surface area contributed by atoms with E-state index in [1.54, 1.807) is 0 Å². The summed E-state index contributed by atoms with van der Waals surface area (Å²) in [5.74, 6) is -0.390. The smallest absolute Gasteiger partial charge is 0.305 e. The highest BCUT2D eigenvalue weighted by molar-refractivity contribution is 5.83. The second-order valence-electron chi connectivity index (χ2n) is 5.90. The molecule has 0 aromatic heterocycles. The van der Waals surface area contributed by atoms with Gasteiger partial charge in [0, 0.05) is 6.04 Å². The molecule has 2 rings (SSSR count). The van der Waals surface area contributed by atoms with E-state index in [2.05, 4.69) is 10.6 Å². The summed E-state index contributed by atoms with van der Waals surface area (Å²) in [5.41, 5.74) is -0.295. The summed E-state index contributed by atoms with van der Waals surface area (Å²) < 4.78 is 0. The molecule has 1 atom stereocenters. The Balaban J connectivity index is 1.98. The van der Waals surface area contributed by atoms with Crippen LogP contribution in [0.2, 0.25) is 0 Å². The number of carbonyl (C=O) groups is 2. The fourth-order valence-corrected chi connectivity index (χ4v) is 2.99. The third-order valence-electron chi connectivity index (χ3n) is 4.62. The molecular weight excluding hydrogens is 244 g/mol. The fraction of sp³-hybridized carbons (Fsp3) is 0.857. The van der Waals surface area contributed by atoms with Crippen molar-refractivity contribution in [1.29, 1.82) is 0 Å². The first-order valence-electron chi connectivity index (χ1n) is 7.31. The maximum Gasteiger partial charge on any atom is 0.305 e. The van der Waals surface area contributed by atoms with E-state index in [4.69, 9.17) is 5.11 Å². The van der Waals surface area contributed by atoms with Crippen LogP contribution in [0, 0.1) is 11.3 Å². The van der Waals surface area contributed by atoms with Crippen molar-refractivity contribution >= 4 is 11.9 Å². The molecule has 1 aliphatic carbocycles. The third-order valence-corrected chi connectivity index (χ3v) is 4.62. The molecule has 1 heterocycles. The number of piperidine rings is 1. The zero-order valence-electron chi connectivity index (χ0n) is 11.6. The maximum absolute atomic E-state index is 12.5. The average molecular weight is 268 g/mol. The van der Waals surface area contributed by atoms with Crippen molar-refractivity contribution in [2.45, 2.75) is 51.5 Å². The van der Waals surface area contributed by atoms with Crippen molar-refractivity contribution < 1.29 is 14.7 Å². The number of hydrogen-bond donors (Lipinski definition) is 3. The van der Waals surface area contributed by atoms with Crippen LogP contribution in [0.1, 0.15) is 45.4 Å². The van der Waals surface area contributed by atoms with Crippen LogP contribution >= 0.6 is 0 Å². The van der Waals surface area contributed by atoms with Gasteiger partial charge in [-0.15, -0.1) is 0 Å². The predicted molar refractivity (Wildman–Crippen MR) is 71.7 cm³/mol. The molecule has 1 saturated carbocycles. The SMILES string of the molecule is CCC1(C(=O)NC(CC(=O)O)C2CC2)CCNCC1. The molecule has 1 amide bonds. The monoisotopic (exact) mass is 268 g/mol. The zero-order chi connectivity index (χ0) is 13.9. The van der Waals surface area contributed by atoms with Gasteiger partial charge in [-0.1, -0.05) is 6.92 Å². The largest absolute Gasteiger partial charge is 0.481 e. The second-order valence-corrected chi connectivity index (χ2v) is 5.90. The van der Waals surface area contributed by atoms with Gasteiger partial charge in [0.2, 0.25) is 5.91 Å². The molecule has 0 spiro atoms. The predicted octanol–water partition coefficient (Wildman–Crippen LogP) is 1.14. The summed E-state index contributed by atoms with van der Waals surface area (Å²) in [6.07, 6.45) is 4.65. The normalized spacial score (nSPS) is 23.6. The van der Waals surface area contributed by atoms with E-state index < -0.39 is 5.97 Å². The van der Waals surface area contributed by atoms with Crippen LogP contribution in [0.25, 0.3) is 0 Å². The highest BCUT2D eigenvalue weighted by atomic mass is 16.4. The lowest BCUT2D eigenvalue weighted by Gasteiger charge is -2.36. The lowest BCUT2D eigenvalue weighted by molar-refractivity contribution is -0.138. The fourth-order valence-electron chi connectivity index (χ4n) is 2.99. The molecule has 1 unspecified atom stereocenters. The Bertz CT molecular complexity index is 347. The van der Waals surface area contributed by atoms with Crippen LogP contribution in [0.15, 0.2) is 0 Å². The molecule has 0 aromatic rings. The summed E-state index contributed by atoms with van der Waals surface area (Å²) >= 11 is 0. The van der Waals surface area contributed by atoms with Gasteiger partial charge in [0.1, 0.15) is 0 Å². The van der Waals surface area contributed by atoms with Crippen molar-refractivity contribution in [3.8, 4) is 0 Å². The van der Waals surface area contributed by atoms with Crippen molar-refractivity contribution in [3.63, 3.8) is 0 Å². The second kappa shape index (κ2) is 5.90. The van der Waals surface area contributed by atoms with Crippen LogP contribution in [0.3, 0.4) is 0 Å². The minimum atomic E-state index is -0.826. The van der Waals surface area contributed by atoms with E-state index >= 15 is 0 Å². The van der Waals surface area contributed by atoms with Gasteiger partial charge in [0.15, 0.2) is 0 Å². The van der Waals surface area contributed by atoms with Gasteiger partial charge in [-0.05, 0) is 51.1 Å². The van der Waals surface area contributed by atoms with E-state index in [0.717, 1.165) is 45.2 Å². The van der Waals surface area contributed by atoms with Crippen molar-refractivity contribution in [3.05, 3.63) is 0 Å². The van der Waals surface area contributed by atoms with Gasteiger partial charge in [-0.2, -0.15) is 0 Å². The highest BCUT2D eigenvalue weighted by Crippen LogP contribution is 2.37. The molecule has 3 N–H and O–H groups in total. The number of carboxylic acids is 1. The molecule has 108 valence electrons. The maximum atomic E-state index is 12.5. The number of aliphatic carboxylic acids is 1. The molecule has 0 aromatic carbocycles. The number of hydrogen-bond acceptors (Lipinski definition) is 3. The Morgan fingerprint density at radius 1 is 1.37 bits per heavy atom. The van der Waals surface area contributed by atoms with Crippen LogP contribution < -0.4 is 10.6 Å². The van der Waals surface area contributed by atoms with E-state index in [0.29, 0.717) is 5.92 Å². The molecule has 0 radical (unpaired) electrons. The standard InChI is InChI=1S/C14H24N2O3/c1-2-14(5-7-15-8-6-14)13(19)16-11(9-12(17)18)10-3-4-10/h10-11,15H,2-9H2,1H3,(H,16,19)(H,17,18). The van der Waals surface area contributed by atoms with Crippen molar-refractivity contribution in [2.75, 3.05) is 13.1 Å². The molecule has 5 nitrogen and oxygen atoms in total. The molecule has 2 aliphatic rings. The number of rotatable bonds is 6. The van der Waals surface area contributed by atoms with Gasteiger partial charge < -0.3 is 15.7 Å². The van der Waals surface area contributed by atoms with Gasteiger partial charge in [0.05, 0.1) is 11.8 Å². The summed E-state index contributed by atoms with van der Waals surface area (Å²) in [6, 6.07) is -0.177. The van der Waals surface area contributed by atoms with Crippen LogP contribution in [-0.4, -0.2) is 36.1 Å². The quantitative estimate of drug-likeness (QED) is 0.675. The Hall–Kier alpha value is -1.10. The van der Waals surface area contributed by atoms with E-state index in [9.17, 15) is 9.59 Å². The number of amides is 1. The van der Waals surface area contributed by atoms with E-state index in [-0.39, 0.29) is 23.8 Å². The molecule has 5 heteroatoms. The molecule has 1 aliphatic heterocycles. The van der Waals surface area contributed by atoms with Crippen LogP contribution in [0.4, 0.5) is 0 Å². The topological polar surface area (TPSA) is 78.4 Å². The average Bonchev–Trinajstić information content (AvgIpc) is 3.22. The first kappa shape index (κ1) is 14.3.